The molecule has 0 saturated heterocycles. The second-order valence-corrected chi connectivity index (χ2v) is 9.16. The molecule has 2 N–H and O–H groups in total. The summed E-state index contributed by atoms with van der Waals surface area (Å²) in [4.78, 5) is 30.8. The van der Waals surface area contributed by atoms with E-state index in [2.05, 4.69) is 25.8 Å². The van der Waals surface area contributed by atoms with Crippen molar-refractivity contribution in [3.05, 3.63) is 51.1 Å². The van der Waals surface area contributed by atoms with Crippen LogP contribution in [0.2, 0.25) is 0 Å². The van der Waals surface area contributed by atoms with Crippen LogP contribution in [-0.4, -0.2) is 50.8 Å². The first kappa shape index (κ1) is 22.3. The van der Waals surface area contributed by atoms with Gasteiger partial charge < -0.3 is 20.0 Å². The molecule has 2 saturated carbocycles. The number of phenols is 1. The average Bonchev–Trinajstić information content (AvgIpc) is 3.59. The van der Waals surface area contributed by atoms with Crippen LogP contribution in [0.25, 0.3) is 0 Å². The molecule has 2 fully saturated rings. The zero-order chi connectivity index (χ0) is 22.8. The zero-order valence-corrected chi connectivity index (χ0v) is 19.0. The van der Waals surface area contributed by atoms with Gasteiger partial charge in [-0.2, -0.15) is 0 Å². The van der Waals surface area contributed by atoms with Crippen LogP contribution in [0.1, 0.15) is 38.5 Å². The predicted octanol–water partition coefficient (Wildman–Crippen LogP) is 4.33. The summed E-state index contributed by atoms with van der Waals surface area (Å²) in [6, 6.07) is 10.7. The molecule has 9 nitrogen and oxygen atoms in total. The van der Waals surface area contributed by atoms with Gasteiger partial charge in [0.2, 0.25) is 5.82 Å². The minimum absolute atomic E-state index is 0.0787. The Bertz CT molecular complexity index is 1010. The van der Waals surface area contributed by atoms with Crippen molar-refractivity contribution >= 4 is 39.1 Å². The molecule has 0 radical (unpaired) electrons. The highest BCUT2D eigenvalue weighted by molar-refractivity contribution is 9.10. The number of hydrogen-bond donors (Lipinski definition) is 2. The molecule has 2 aromatic rings. The van der Waals surface area contributed by atoms with Crippen molar-refractivity contribution in [2.45, 2.75) is 56.7 Å². The van der Waals surface area contributed by atoms with E-state index in [4.69, 9.17) is 0 Å². The summed E-state index contributed by atoms with van der Waals surface area (Å²) in [5.41, 5.74) is 0.635. The molecule has 0 unspecified atom stereocenters. The lowest BCUT2D eigenvalue weighted by atomic mass is 9.88. The van der Waals surface area contributed by atoms with Gasteiger partial charge >= 0.3 is 11.7 Å². The number of carbonyl (C=O) groups is 1. The predicted molar refractivity (Wildman–Crippen MR) is 123 cm³/mol. The fourth-order valence-electron chi connectivity index (χ4n) is 4.67. The van der Waals surface area contributed by atoms with Gasteiger partial charge in [-0.05, 0) is 72.7 Å². The van der Waals surface area contributed by atoms with E-state index in [0.717, 1.165) is 31.4 Å². The highest BCUT2D eigenvalue weighted by atomic mass is 79.9. The molecule has 32 heavy (non-hydrogen) atoms. The molecule has 2 aliphatic rings. The van der Waals surface area contributed by atoms with Gasteiger partial charge in [0.1, 0.15) is 16.9 Å². The van der Waals surface area contributed by atoms with Crippen LogP contribution < -0.4 is 9.80 Å². The number of aromatic hydroxyl groups is 1. The number of carboxylic acids is 1. The molecule has 1 aromatic carbocycles. The number of pyridine rings is 1. The number of carboxylic acid groups (broad SMARTS) is 1. The highest BCUT2D eigenvalue weighted by Gasteiger charge is 2.39. The lowest BCUT2D eigenvalue weighted by Crippen LogP contribution is -2.47. The Balaban J connectivity index is 1.56. The van der Waals surface area contributed by atoms with Crippen LogP contribution in [0, 0.1) is 10.1 Å². The van der Waals surface area contributed by atoms with Gasteiger partial charge in [0, 0.05) is 24.2 Å². The number of halogens is 1. The standard InChI is InChI=1S/C22H25BrN4O5/c23-20-12-11-18(27(31)32)22(24-20)25(13-21(29)30)14-5-7-15(8-6-14)26(16-9-10-16)17-3-1-2-4-19(17)28/h1-4,11-12,14-16,28H,5-10,13H2,(H,29,30). The van der Waals surface area contributed by atoms with Gasteiger partial charge in [0.05, 0.1) is 10.6 Å². The van der Waals surface area contributed by atoms with Crippen molar-refractivity contribution in [1.82, 2.24) is 4.98 Å². The zero-order valence-electron chi connectivity index (χ0n) is 17.4. The Morgan fingerprint density at radius 2 is 1.66 bits per heavy atom. The molecule has 0 spiro atoms. The SMILES string of the molecule is O=C(O)CN(c1nc(Br)ccc1[N+](=O)[O-])C1CCC(N(c2ccccc2O)C2CC2)CC1. The molecular weight excluding hydrogens is 480 g/mol. The molecule has 1 aromatic heterocycles. The Kier molecular flexibility index (Phi) is 6.50. The Hall–Kier alpha value is -2.88. The van der Waals surface area contributed by atoms with E-state index in [1.165, 1.54) is 12.1 Å². The van der Waals surface area contributed by atoms with E-state index in [1.807, 2.05) is 18.2 Å². The molecular formula is C22H25BrN4O5. The molecule has 2 aliphatic carbocycles. The number of benzene rings is 1. The number of aromatic nitrogens is 1. The smallest absolute Gasteiger partial charge is 0.323 e. The summed E-state index contributed by atoms with van der Waals surface area (Å²) >= 11 is 3.25. The van der Waals surface area contributed by atoms with Crippen molar-refractivity contribution < 1.29 is 19.9 Å². The number of phenolic OH excluding ortho intramolecular Hbond substituents is 1. The van der Waals surface area contributed by atoms with Crippen LogP contribution >= 0.6 is 15.9 Å². The van der Waals surface area contributed by atoms with Crippen LogP contribution in [0.5, 0.6) is 5.75 Å². The van der Waals surface area contributed by atoms with Crippen LogP contribution in [-0.2, 0) is 4.79 Å². The fourth-order valence-corrected chi connectivity index (χ4v) is 4.97. The van der Waals surface area contributed by atoms with Crippen LogP contribution in [0.3, 0.4) is 0 Å². The first-order chi connectivity index (χ1) is 15.3. The number of rotatable bonds is 8. The molecule has 170 valence electrons. The number of hydrogen-bond acceptors (Lipinski definition) is 7. The molecule has 0 atom stereocenters. The number of nitrogens with zero attached hydrogens (tertiary/aromatic N) is 4. The second kappa shape index (κ2) is 9.32. The van der Waals surface area contributed by atoms with Gasteiger partial charge in [-0.25, -0.2) is 4.98 Å². The number of nitro groups is 1. The van der Waals surface area contributed by atoms with Gasteiger partial charge in [0.15, 0.2) is 0 Å². The summed E-state index contributed by atoms with van der Waals surface area (Å²) in [5.74, 6) is -0.713. The molecule has 4 rings (SSSR count). The second-order valence-electron chi connectivity index (χ2n) is 8.34. The lowest BCUT2D eigenvalue weighted by Gasteiger charge is -2.42. The molecule has 1 heterocycles. The summed E-state index contributed by atoms with van der Waals surface area (Å²) in [5, 5.41) is 31.4. The minimum atomic E-state index is -1.06. The maximum absolute atomic E-state index is 11.6. The fraction of sp³-hybridized carbons (Fsp3) is 0.455. The summed E-state index contributed by atoms with van der Waals surface area (Å²) in [6.45, 7) is -0.356. The van der Waals surface area contributed by atoms with Crippen molar-refractivity contribution in [3.63, 3.8) is 0 Å². The van der Waals surface area contributed by atoms with Crippen molar-refractivity contribution in [1.29, 1.82) is 0 Å². The first-order valence-electron chi connectivity index (χ1n) is 10.7. The van der Waals surface area contributed by atoms with Crippen molar-refractivity contribution in [2.24, 2.45) is 0 Å². The third kappa shape index (κ3) is 4.79. The number of para-hydroxylation sites is 2. The van der Waals surface area contributed by atoms with E-state index in [1.54, 1.807) is 11.0 Å². The van der Waals surface area contributed by atoms with Gasteiger partial charge in [-0.15, -0.1) is 0 Å². The largest absolute Gasteiger partial charge is 0.506 e. The minimum Gasteiger partial charge on any atom is -0.506 e. The Morgan fingerprint density at radius 1 is 1.06 bits per heavy atom. The maximum atomic E-state index is 11.6. The summed E-state index contributed by atoms with van der Waals surface area (Å²) < 4.78 is 0.418. The first-order valence-corrected chi connectivity index (χ1v) is 11.5. The van der Waals surface area contributed by atoms with Gasteiger partial charge in [-0.3, -0.25) is 14.9 Å². The quantitative estimate of drug-likeness (QED) is 0.309. The summed E-state index contributed by atoms with van der Waals surface area (Å²) in [7, 11) is 0. The lowest BCUT2D eigenvalue weighted by molar-refractivity contribution is -0.384. The number of anilines is 2. The number of aliphatic carboxylic acids is 1. The van der Waals surface area contributed by atoms with Gasteiger partial charge in [0.25, 0.3) is 0 Å². The van der Waals surface area contributed by atoms with E-state index in [-0.39, 0.29) is 35.9 Å². The Morgan fingerprint density at radius 3 is 2.22 bits per heavy atom. The highest BCUT2D eigenvalue weighted by Crippen LogP contribution is 2.42. The Labute approximate surface area is 194 Å². The van der Waals surface area contributed by atoms with Gasteiger partial charge in [-0.1, -0.05) is 12.1 Å². The van der Waals surface area contributed by atoms with Crippen LogP contribution in [0.4, 0.5) is 17.2 Å². The van der Waals surface area contributed by atoms with Crippen LogP contribution in [0.15, 0.2) is 41.0 Å². The third-order valence-electron chi connectivity index (χ3n) is 6.20. The molecule has 0 bridgehead atoms. The maximum Gasteiger partial charge on any atom is 0.323 e. The van der Waals surface area contributed by atoms with Crippen molar-refractivity contribution in [3.8, 4) is 5.75 Å². The normalized spacial score (nSPS) is 20.5. The molecule has 10 heteroatoms. The van der Waals surface area contributed by atoms with E-state index >= 15 is 0 Å². The molecule has 0 aliphatic heterocycles. The molecule has 0 amide bonds. The van der Waals surface area contributed by atoms with E-state index < -0.39 is 10.9 Å². The van der Waals surface area contributed by atoms with Crippen molar-refractivity contribution in [2.75, 3.05) is 16.3 Å². The monoisotopic (exact) mass is 504 g/mol. The summed E-state index contributed by atoms with van der Waals surface area (Å²) in [6.07, 6.45) is 5.14. The van der Waals surface area contributed by atoms with E-state index in [0.29, 0.717) is 23.5 Å². The topological polar surface area (TPSA) is 120 Å². The van der Waals surface area contributed by atoms with E-state index in [9.17, 15) is 25.1 Å². The average molecular weight is 505 g/mol. The third-order valence-corrected chi connectivity index (χ3v) is 6.64.